The Morgan fingerprint density at radius 2 is 1.85 bits per heavy atom. The number of amides is 1. The Balaban J connectivity index is 2.46. The number of nitrogens with one attached hydrogen (secondary N) is 2. The van der Waals surface area contributed by atoms with Crippen molar-refractivity contribution < 1.29 is 4.79 Å². The predicted molar refractivity (Wildman–Crippen MR) is 85.5 cm³/mol. The number of carbonyl (C=O) groups is 1. The van der Waals surface area contributed by atoms with E-state index in [4.69, 9.17) is 0 Å². The van der Waals surface area contributed by atoms with Crippen molar-refractivity contribution in [3.8, 4) is 0 Å². The fraction of sp³-hybridized carbons (Fsp3) is 0.562. The zero-order valence-corrected chi connectivity index (χ0v) is 12.9. The Hall–Kier alpha value is -1.55. The highest BCUT2D eigenvalue weighted by Gasteiger charge is 2.06. The lowest BCUT2D eigenvalue weighted by atomic mass is 10.2. The molecule has 0 aromatic heterocycles. The van der Waals surface area contributed by atoms with Crippen LogP contribution in [-0.4, -0.2) is 39.1 Å². The first kappa shape index (κ1) is 16.5. The van der Waals surface area contributed by atoms with Crippen LogP contribution < -0.4 is 15.5 Å². The summed E-state index contributed by atoms with van der Waals surface area (Å²) in [6.45, 7) is 7.68. The van der Waals surface area contributed by atoms with Gasteiger partial charge < -0.3 is 15.5 Å². The second-order valence-corrected chi connectivity index (χ2v) is 4.93. The summed E-state index contributed by atoms with van der Waals surface area (Å²) in [6.07, 6.45) is 2.37. The third-order valence-corrected chi connectivity index (χ3v) is 3.25. The van der Waals surface area contributed by atoms with Crippen LogP contribution in [0.5, 0.6) is 0 Å². The maximum absolute atomic E-state index is 11.9. The van der Waals surface area contributed by atoms with E-state index in [0.717, 1.165) is 25.3 Å². The van der Waals surface area contributed by atoms with Gasteiger partial charge in [-0.05, 0) is 37.2 Å². The van der Waals surface area contributed by atoms with Crippen LogP contribution in [0.25, 0.3) is 0 Å². The van der Waals surface area contributed by atoms with Gasteiger partial charge in [0, 0.05) is 37.9 Å². The first-order valence-corrected chi connectivity index (χ1v) is 7.49. The van der Waals surface area contributed by atoms with Crippen LogP contribution in [0.4, 0.5) is 5.69 Å². The maximum atomic E-state index is 11.9. The molecule has 2 N–H and O–H groups in total. The van der Waals surface area contributed by atoms with Gasteiger partial charge in [0.05, 0.1) is 0 Å². The topological polar surface area (TPSA) is 44.4 Å². The average molecular weight is 277 g/mol. The number of hydrogen-bond acceptors (Lipinski definition) is 3. The fourth-order valence-corrected chi connectivity index (χ4v) is 1.93. The third kappa shape index (κ3) is 5.61. The molecular formula is C16H27N3O. The lowest BCUT2D eigenvalue weighted by molar-refractivity contribution is 0.0954. The minimum atomic E-state index is -0.00864. The Kier molecular flexibility index (Phi) is 7.73. The molecule has 0 aliphatic carbocycles. The lowest BCUT2D eigenvalue weighted by Gasteiger charge is -2.19. The molecule has 112 valence electrons. The van der Waals surface area contributed by atoms with E-state index in [2.05, 4.69) is 36.4 Å². The van der Waals surface area contributed by atoms with Crippen LogP contribution in [0.2, 0.25) is 0 Å². The lowest BCUT2D eigenvalue weighted by Crippen LogP contribution is -2.31. The second kappa shape index (κ2) is 9.37. The van der Waals surface area contributed by atoms with Gasteiger partial charge in [-0.25, -0.2) is 0 Å². The van der Waals surface area contributed by atoms with Crippen LogP contribution in [-0.2, 0) is 0 Å². The standard InChI is InChI=1S/C16H27N3O/c1-4-6-13-19(3)15-9-7-14(8-10-15)16(20)18-12-11-17-5-2/h7-10,17H,4-6,11-13H2,1-3H3,(H,18,20). The van der Waals surface area contributed by atoms with Gasteiger partial charge in [-0.15, -0.1) is 0 Å². The molecule has 0 saturated heterocycles. The first-order chi connectivity index (χ1) is 9.69. The molecular weight excluding hydrogens is 250 g/mol. The SMILES string of the molecule is CCCCN(C)c1ccc(C(=O)NCCNCC)cc1. The van der Waals surface area contributed by atoms with Crippen LogP contribution in [0.3, 0.4) is 0 Å². The van der Waals surface area contributed by atoms with Crippen LogP contribution in [0.1, 0.15) is 37.0 Å². The van der Waals surface area contributed by atoms with Gasteiger partial charge in [0.15, 0.2) is 0 Å². The van der Waals surface area contributed by atoms with Crippen molar-refractivity contribution in [2.45, 2.75) is 26.7 Å². The molecule has 20 heavy (non-hydrogen) atoms. The largest absolute Gasteiger partial charge is 0.375 e. The number of benzene rings is 1. The highest BCUT2D eigenvalue weighted by atomic mass is 16.1. The first-order valence-electron chi connectivity index (χ1n) is 7.49. The summed E-state index contributed by atoms with van der Waals surface area (Å²) in [5.74, 6) is -0.00864. The van der Waals surface area contributed by atoms with Crippen LogP contribution in [0, 0.1) is 0 Å². The molecule has 0 radical (unpaired) electrons. The normalized spacial score (nSPS) is 10.3. The molecule has 0 atom stereocenters. The number of carbonyl (C=O) groups excluding carboxylic acids is 1. The summed E-state index contributed by atoms with van der Waals surface area (Å²) < 4.78 is 0. The van der Waals surface area contributed by atoms with Gasteiger partial charge in [0.1, 0.15) is 0 Å². The third-order valence-electron chi connectivity index (χ3n) is 3.25. The number of anilines is 1. The highest BCUT2D eigenvalue weighted by molar-refractivity contribution is 5.94. The minimum Gasteiger partial charge on any atom is -0.375 e. The van der Waals surface area contributed by atoms with Crippen molar-refractivity contribution in [2.75, 3.05) is 38.1 Å². The Bertz CT molecular complexity index is 389. The molecule has 0 unspecified atom stereocenters. The van der Waals surface area contributed by atoms with Gasteiger partial charge in [0.2, 0.25) is 0 Å². The van der Waals surface area contributed by atoms with E-state index in [-0.39, 0.29) is 5.91 Å². The van der Waals surface area contributed by atoms with Crippen molar-refractivity contribution in [1.29, 1.82) is 0 Å². The van der Waals surface area contributed by atoms with Crippen molar-refractivity contribution >= 4 is 11.6 Å². The van der Waals surface area contributed by atoms with Gasteiger partial charge >= 0.3 is 0 Å². The molecule has 0 aliphatic heterocycles. The highest BCUT2D eigenvalue weighted by Crippen LogP contribution is 2.14. The van der Waals surface area contributed by atoms with Gasteiger partial charge in [-0.2, -0.15) is 0 Å². The zero-order chi connectivity index (χ0) is 14.8. The van der Waals surface area contributed by atoms with Crippen molar-refractivity contribution in [2.24, 2.45) is 0 Å². The molecule has 0 fully saturated rings. The minimum absolute atomic E-state index is 0.00864. The van der Waals surface area contributed by atoms with Crippen molar-refractivity contribution in [3.05, 3.63) is 29.8 Å². The quantitative estimate of drug-likeness (QED) is 0.681. The smallest absolute Gasteiger partial charge is 0.251 e. The average Bonchev–Trinajstić information content (AvgIpc) is 2.49. The van der Waals surface area contributed by atoms with Crippen molar-refractivity contribution in [1.82, 2.24) is 10.6 Å². The summed E-state index contributed by atoms with van der Waals surface area (Å²) >= 11 is 0. The van der Waals surface area contributed by atoms with E-state index in [1.807, 2.05) is 24.3 Å². The van der Waals surface area contributed by atoms with E-state index in [0.29, 0.717) is 12.1 Å². The monoisotopic (exact) mass is 277 g/mol. The molecule has 0 saturated carbocycles. The number of nitrogens with zero attached hydrogens (tertiary/aromatic N) is 1. The number of hydrogen-bond donors (Lipinski definition) is 2. The molecule has 1 rings (SSSR count). The molecule has 4 nitrogen and oxygen atoms in total. The Morgan fingerprint density at radius 3 is 2.45 bits per heavy atom. The number of rotatable bonds is 9. The molecule has 0 bridgehead atoms. The van der Waals surface area contributed by atoms with E-state index < -0.39 is 0 Å². The summed E-state index contributed by atoms with van der Waals surface area (Å²) in [5, 5.41) is 6.08. The Morgan fingerprint density at radius 1 is 1.15 bits per heavy atom. The van der Waals surface area contributed by atoms with E-state index in [1.165, 1.54) is 12.8 Å². The van der Waals surface area contributed by atoms with Gasteiger partial charge in [-0.1, -0.05) is 20.3 Å². The number of unbranched alkanes of at least 4 members (excludes halogenated alkanes) is 1. The van der Waals surface area contributed by atoms with Crippen LogP contribution in [0.15, 0.2) is 24.3 Å². The Labute approximate surface area is 122 Å². The predicted octanol–water partition coefficient (Wildman–Crippen LogP) is 2.26. The molecule has 0 heterocycles. The van der Waals surface area contributed by atoms with Crippen molar-refractivity contribution in [3.63, 3.8) is 0 Å². The molecule has 0 spiro atoms. The van der Waals surface area contributed by atoms with E-state index in [9.17, 15) is 4.79 Å². The molecule has 4 heteroatoms. The summed E-state index contributed by atoms with van der Waals surface area (Å²) in [6, 6.07) is 7.80. The molecule has 1 aromatic carbocycles. The molecule has 1 aromatic rings. The summed E-state index contributed by atoms with van der Waals surface area (Å²) in [5.41, 5.74) is 1.87. The van der Waals surface area contributed by atoms with Crippen LogP contribution >= 0.6 is 0 Å². The summed E-state index contributed by atoms with van der Waals surface area (Å²) in [7, 11) is 2.08. The fourth-order valence-electron chi connectivity index (χ4n) is 1.93. The van der Waals surface area contributed by atoms with E-state index >= 15 is 0 Å². The maximum Gasteiger partial charge on any atom is 0.251 e. The second-order valence-electron chi connectivity index (χ2n) is 4.93. The number of likely N-dealkylation sites (N-methyl/N-ethyl adjacent to an activating group) is 1. The molecule has 1 amide bonds. The summed E-state index contributed by atoms with van der Waals surface area (Å²) in [4.78, 5) is 14.1. The molecule has 0 aliphatic rings. The van der Waals surface area contributed by atoms with E-state index in [1.54, 1.807) is 0 Å². The zero-order valence-electron chi connectivity index (χ0n) is 12.9. The van der Waals surface area contributed by atoms with Gasteiger partial charge in [-0.3, -0.25) is 4.79 Å². The van der Waals surface area contributed by atoms with Gasteiger partial charge in [0.25, 0.3) is 5.91 Å².